The Balaban J connectivity index is 2.09. The number of hydrazone groups is 1. The van der Waals surface area contributed by atoms with Crippen molar-refractivity contribution in [3.63, 3.8) is 0 Å². The van der Waals surface area contributed by atoms with E-state index < -0.39 is 5.91 Å². The number of benzene rings is 1. The number of thiazole rings is 1. The van der Waals surface area contributed by atoms with E-state index in [2.05, 4.69) is 15.5 Å². The zero-order chi connectivity index (χ0) is 15.4. The molecule has 0 aliphatic carbocycles. The van der Waals surface area contributed by atoms with Crippen LogP contribution in [0.4, 0.5) is 5.13 Å². The molecule has 1 aromatic carbocycles. The Hall–Kier alpha value is -2.61. The number of phenolic OH excluding ortho intramolecular Hbond substituents is 1. The number of nitrogens with one attached hydrogen (secondary N) is 1. The summed E-state index contributed by atoms with van der Waals surface area (Å²) in [5.41, 5.74) is 8.87. The van der Waals surface area contributed by atoms with E-state index in [0.717, 1.165) is 11.3 Å². The minimum atomic E-state index is -0.402. The number of ether oxygens (including phenoxy) is 1. The lowest BCUT2D eigenvalue weighted by molar-refractivity contribution is 0.0958. The van der Waals surface area contributed by atoms with Gasteiger partial charge in [0.15, 0.2) is 16.6 Å². The zero-order valence-electron chi connectivity index (χ0n) is 11.5. The first-order valence-corrected chi connectivity index (χ1v) is 6.77. The maximum atomic E-state index is 11.9. The second kappa shape index (κ2) is 6.23. The van der Waals surface area contributed by atoms with Gasteiger partial charge in [0, 0.05) is 5.56 Å². The third kappa shape index (κ3) is 3.29. The van der Waals surface area contributed by atoms with Crippen LogP contribution in [-0.4, -0.2) is 29.3 Å². The van der Waals surface area contributed by atoms with Crippen molar-refractivity contribution in [2.24, 2.45) is 5.10 Å². The number of carbonyl (C=O) groups excluding carboxylic acids is 1. The summed E-state index contributed by atoms with van der Waals surface area (Å²) in [6, 6.07) is 4.97. The van der Waals surface area contributed by atoms with Crippen LogP contribution in [0.25, 0.3) is 0 Å². The number of nitrogens with zero attached hydrogens (tertiary/aromatic N) is 2. The molecule has 8 heteroatoms. The molecule has 2 aromatic rings. The van der Waals surface area contributed by atoms with E-state index in [0.29, 0.717) is 27.0 Å². The number of hydrogen-bond acceptors (Lipinski definition) is 7. The molecule has 0 unspecified atom stereocenters. The molecule has 4 N–H and O–H groups in total. The van der Waals surface area contributed by atoms with Crippen molar-refractivity contribution in [1.29, 1.82) is 0 Å². The van der Waals surface area contributed by atoms with Crippen molar-refractivity contribution >= 4 is 28.6 Å². The lowest BCUT2D eigenvalue weighted by Gasteiger charge is -2.04. The van der Waals surface area contributed by atoms with Gasteiger partial charge in [-0.05, 0) is 19.1 Å². The number of nitrogens with two attached hydrogens (primary N) is 1. The lowest BCUT2D eigenvalue weighted by Crippen LogP contribution is -2.17. The SMILES string of the molecule is COc1cccc(C=NNC(=O)c2sc(N)nc2C)c1O. The predicted molar refractivity (Wildman–Crippen MR) is 81.0 cm³/mol. The second-order valence-electron chi connectivity index (χ2n) is 4.06. The number of methoxy groups -OCH3 is 1. The van der Waals surface area contributed by atoms with Crippen LogP contribution in [0.5, 0.6) is 11.5 Å². The monoisotopic (exact) mass is 306 g/mol. The summed E-state index contributed by atoms with van der Waals surface area (Å²) in [7, 11) is 1.45. The number of carbonyl (C=O) groups is 1. The molecule has 0 aliphatic heterocycles. The summed E-state index contributed by atoms with van der Waals surface area (Å²) in [5, 5.41) is 14.0. The molecule has 0 radical (unpaired) electrons. The molecular formula is C13H14N4O3S. The van der Waals surface area contributed by atoms with Crippen molar-refractivity contribution in [2.75, 3.05) is 12.8 Å². The highest BCUT2D eigenvalue weighted by Gasteiger charge is 2.13. The molecule has 1 amide bonds. The highest BCUT2D eigenvalue weighted by molar-refractivity contribution is 7.17. The minimum Gasteiger partial charge on any atom is -0.504 e. The summed E-state index contributed by atoms with van der Waals surface area (Å²) in [4.78, 5) is 16.2. The quantitative estimate of drug-likeness (QED) is 0.586. The molecule has 0 saturated carbocycles. The van der Waals surface area contributed by atoms with Gasteiger partial charge in [0.05, 0.1) is 19.0 Å². The molecule has 0 fully saturated rings. The van der Waals surface area contributed by atoms with E-state index in [1.54, 1.807) is 25.1 Å². The third-order valence-electron chi connectivity index (χ3n) is 2.64. The normalized spacial score (nSPS) is 10.8. The van der Waals surface area contributed by atoms with Gasteiger partial charge in [0.2, 0.25) is 0 Å². The van der Waals surface area contributed by atoms with E-state index in [9.17, 15) is 9.90 Å². The molecule has 110 valence electrons. The van der Waals surface area contributed by atoms with Crippen LogP contribution >= 0.6 is 11.3 Å². The van der Waals surface area contributed by atoms with Crippen LogP contribution < -0.4 is 15.9 Å². The number of rotatable bonds is 4. The maximum Gasteiger partial charge on any atom is 0.283 e. The zero-order valence-corrected chi connectivity index (χ0v) is 12.3. The molecule has 0 saturated heterocycles. The van der Waals surface area contributed by atoms with Gasteiger partial charge in [0.25, 0.3) is 5.91 Å². The average Bonchev–Trinajstić information content (AvgIpc) is 2.79. The van der Waals surface area contributed by atoms with Crippen LogP contribution in [0.15, 0.2) is 23.3 Å². The van der Waals surface area contributed by atoms with Crippen LogP contribution in [0.3, 0.4) is 0 Å². The fraction of sp³-hybridized carbons (Fsp3) is 0.154. The topological polar surface area (TPSA) is 110 Å². The van der Waals surface area contributed by atoms with Gasteiger partial charge in [0.1, 0.15) is 4.88 Å². The Labute approximate surface area is 125 Å². The maximum absolute atomic E-state index is 11.9. The number of anilines is 1. The molecule has 0 bridgehead atoms. The molecule has 2 rings (SSSR count). The molecular weight excluding hydrogens is 292 g/mol. The first-order valence-electron chi connectivity index (χ1n) is 5.95. The van der Waals surface area contributed by atoms with E-state index in [1.165, 1.54) is 13.3 Å². The molecule has 0 spiro atoms. The van der Waals surface area contributed by atoms with Gasteiger partial charge in [-0.15, -0.1) is 0 Å². The largest absolute Gasteiger partial charge is 0.504 e. The molecule has 1 heterocycles. The van der Waals surface area contributed by atoms with Crippen LogP contribution in [0.2, 0.25) is 0 Å². The van der Waals surface area contributed by atoms with Gasteiger partial charge in [-0.1, -0.05) is 17.4 Å². The summed E-state index contributed by atoms with van der Waals surface area (Å²) in [6.07, 6.45) is 1.33. The van der Waals surface area contributed by atoms with Gasteiger partial charge in [-0.25, -0.2) is 10.4 Å². The summed E-state index contributed by atoms with van der Waals surface area (Å²) in [5.74, 6) is -0.118. The van der Waals surface area contributed by atoms with Crippen LogP contribution in [-0.2, 0) is 0 Å². The van der Waals surface area contributed by atoms with E-state index in [1.807, 2.05) is 0 Å². The average molecular weight is 306 g/mol. The number of para-hydroxylation sites is 1. The van der Waals surface area contributed by atoms with E-state index in [4.69, 9.17) is 10.5 Å². The first kappa shape index (κ1) is 14.8. The number of phenols is 1. The Bertz CT molecular complexity index is 697. The van der Waals surface area contributed by atoms with Gasteiger partial charge < -0.3 is 15.6 Å². The van der Waals surface area contributed by atoms with Gasteiger partial charge >= 0.3 is 0 Å². The van der Waals surface area contributed by atoms with Crippen LogP contribution in [0.1, 0.15) is 20.9 Å². The van der Waals surface area contributed by atoms with E-state index in [-0.39, 0.29) is 5.75 Å². The number of amides is 1. The highest BCUT2D eigenvalue weighted by Crippen LogP contribution is 2.27. The van der Waals surface area contributed by atoms with Crippen molar-refractivity contribution in [3.8, 4) is 11.5 Å². The second-order valence-corrected chi connectivity index (χ2v) is 5.09. The number of aromatic hydroxyl groups is 1. The van der Waals surface area contributed by atoms with Crippen molar-refractivity contribution < 1.29 is 14.6 Å². The molecule has 7 nitrogen and oxygen atoms in total. The van der Waals surface area contributed by atoms with Crippen molar-refractivity contribution in [3.05, 3.63) is 34.3 Å². The summed E-state index contributed by atoms with van der Waals surface area (Å²) in [6.45, 7) is 1.69. The Morgan fingerprint density at radius 2 is 2.33 bits per heavy atom. The highest BCUT2D eigenvalue weighted by atomic mass is 32.1. The third-order valence-corrected chi connectivity index (χ3v) is 3.62. The summed E-state index contributed by atoms with van der Waals surface area (Å²) < 4.78 is 4.98. The number of aromatic nitrogens is 1. The smallest absolute Gasteiger partial charge is 0.283 e. The van der Waals surface area contributed by atoms with E-state index >= 15 is 0 Å². The van der Waals surface area contributed by atoms with Gasteiger partial charge in [-0.3, -0.25) is 4.79 Å². The lowest BCUT2D eigenvalue weighted by atomic mass is 10.2. The molecule has 1 aromatic heterocycles. The molecule has 0 atom stereocenters. The first-order chi connectivity index (χ1) is 10.0. The van der Waals surface area contributed by atoms with Gasteiger partial charge in [-0.2, -0.15) is 5.10 Å². The Kier molecular flexibility index (Phi) is 4.39. The predicted octanol–water partition coefficient (Wildman–Crippen LogP) is 1.51. The number of nitrogen functional groups attached to an aromatic ring is 1. The van der Waals surface area contributed by atoms with Crippen molar-refractivity contribution in [1.82, 2.24) is 10.4 Å². The summed E-state index contributed by atoms with van der Waals surface area (Å²) >= 11 is 1.09. The standard InChI is InChI=1S/C13H14N4O3S/c1-7-11(21-13(14)16-7)12(19)17-15-6-8-4-3-5-9(20-2)10(8)18/h3-6,18H,1-2H3,(H2,14,16)(H,17,19). The van der Waals surface area contributed by atoms with Crippen LogP contribution in [0, 0.1) is 6.92 Å². The Morgan fingerprint density at radius 3 is 2.95 bits per heavy atom. The van der Waals surface area contributed by atoms with Crippen molar-refractivity contribution in [2.45, 2.75) is 6.92 Å². The Morgan fingerprint density at radius 1 is 1.57 bits per heavy atom. The fourth-order valence-electron chi connectivity index (χ4n) is 1.65. The number of hydrogen-bond donors (Lipinski definition) is 3. The fourth-order valence-corrected chi connectivity index (χ4v) is 2.37. The molecule has 21 heavy (non-hydrogen) atoms. The molecule has 0 aliphatic rings. The minimum absolute atomic E-state index is 0.0452. The number of aryl methyl sites for hydroxylation is 1.